The van der Waals surface area contributed by atoms with Crippen LogP contribution in [0.15, 0.2) is 0 Å². The van der Waals surface area contributed by atoms with Gasteiger partial charge in [-0.15, -0.1) is 0 Å². The third-order valence-electron chi connectivity index (χ3n) is 4.09. The lowest BCUT2D eigenvalue weighted by molar-refractivity contribution is 0.137. The average Bonchev–Trinajstić information content (AvgIpc) is 2.66. The molecule has 4 unspecified atom stereocenters. The molecule has 16 heavy (non-hydrogen) atoms. The first-order valence-electron chi connectivity index (χ1n) is 6.80. The Labute approximate surface area is 99.5 Å². The smallest absolute Gasteiger partial charge is 0.0615 e. The normalized spacial score (nSPS) is 35.2. The van der Waals surface area contributed by atoms with Crippen molar-refractivity contribution in [3.63, 3.8) is 0 Å². The SMILES string of the molecule is CCCC(COC)NC1CCN2CCC1C2. The summed E-state index contributed by atoms with van der Waals surface area (Å²) < 4.78 is 5.30. The summed E-state index contributed by atoms with van der Waals surface area (Å²) in [7, 11) is 1.81. The number of hydrogen-bond acceptors (Lipinski definition) is 3. The Hall–Kier alpha value is -0.120. The van der Waals surface area contributed by atoms with Crippen LogP contribution in [0.25, 0.3) is 0 Å². The van der Waals surface area contributed by atoms with E-state index in [0.29, 0.717) is 6.04 Å². The summed E-state index contributed by atoms with van der Waals surface area (Å²) in [5, 5.41) is 3.83. The minimum absolute atomic E-state index is 0.562. The molecule has 0 radical (unpaired) electrons. The van der Waals surface area contributed by atoms with Gasteiger partial charge in [-0.3, -0.25) is 0 Å². The van der Waals surface area contributed by atoms with Crippen LogP contribution >= 0.6 is 0 Å². The molecule has 2 bridgehead atoms. The molecule has 3 heteroatoms. The molecule has 0 aromatic carbocycles. The third kappa shape index (κ3) is 2.96. The van der Waals surface area contributed by atoms with E-state index >= 15 is 0 Å². The van der Waals surface area contributed by atoms with Crippen LogP contribution in [0.1, 0.15) is 32.6 Å². The Morgan fingerprint density at radius 3 is 2.94 bits per heavy atom. The zero-order chi connectivity index (χ0) is 11.4. The number of rotatable bonds is 6. The largest absolute Gasteiger partial charge is 0.383 e. The molecular formula is C13H26N2O. The first kappa shape index (κ1) is 12.3. The molecule has 0 aromatic heterocycles. The maximum Gasteiger partial charge on any atom is 0.0615 e. The summed E-state index contributed by atoms with van der Waals surface area (Å²) >= 11 is 0. The highest BCUT2D eigenvalue weighted by Gasteiger charge is 2.34. The Morgan fingerprint density at radius 1 is 1.38 bits per heavy atom. The van der Waals surface area contributed by atoms with Crippen LogP contribution in [0.5, 0.6) is 0 Å². The molecule has 4 atom stereocenters. The number of piperidine rings is 1. The third-order valence-corrected chi connectivity index (χ3v) is 4.09. The number of methoxy groups -OCH3 is 1. The van der Waals surface area contributed by atoms with Crippen molar-refractivity contribution in [1.29, 1.82) is 0 Å². The van der Waals surface area contributed by atoms with Gasteiger partial charge in [0.25, 0.3) is 0 Å². The standard InChI is InChI=1S/C13H26N2O/c1-3-4-12(10-16-2)14-13-6-8-15-7-5-11(13)9-15/h11-14H,3-10H2,1-2H3. The molecular weight excluding hydrogens is 200 g/mol. The van der Waals surface area contributed by atoms with Gasteiger partial charge >= 0.3 is 0 Å². The molecule has 2 rings (SSSR count). The summed E-state index contributed by atoms with van der Waals surface area (Å²) in [4.78, 5) is 2.61. The summed E-state index contributed by atoms with van der Waals surface area (Å²) in [6, 6.07) is 1.30. The minimum Gasteiger partial charge on any atom is -0.383 e. The van der Waals surface area contributed by atoms with Gasteiger partial charge in [0.05, 0.1) is 6.61 Å². The fourth-order valence-corrected chi connectivity index (χ4v) is 3.24. The van der Waals surface area contributed by atoms with Crippen molar-refractivity contribution >= 4 is 0 Å². The second-order valence-corrected chi connectivity index (χ2v) is 5.35. The highest BCUT2D eigenvalue weighted by atomic mass is 16.5. The van der Waals surface area contributed by atoms with Crippen molar-refractivity contribution in [3.8, 4) is 0 Å². The van der Waals surface area contributed by atoms with Crippen LogP contribution in [-0.2, 0) is 4.74 Å². The predicted octanol–water partition coefficient (Wildman–Crippen LogP) is 1.49. The van der Waals surface area contributed by atoms with Gasteiger partial charge in [-0.2, -0.15) is 0 Å². The van der Waals surface area contributed by atoms with Gasteiger partial charge in [0.1, 0.15) is 0 Å². The molecule has 3 nitrogen and oxygen atoms in total. The Balaban J connectivity index is 1.81. The Morgan fingerprint density at radius 2 is 2.19 bits per heavy atom. The van der Waals surface area contributed by atoms with Crippen LogP contribution in [-0.4, -0.2) is 50.3 Å². The lowest BCUT2D eigenvalue weighted by Crippen LogP contribution is -2.49. The maximum absolute atomic E-state index is 5.30. The molecule has 94 valence electrons. The van der Waals surface area contributed by atoms with E-state index in [9.17, 15) is 0 Å². The zero-order valence-corrected chi connectivity index (χ0v) is 10.7. The fraction of sp³-hybridized carbons (Fsp3) is 1.00. The van der Waals surface area contributed by atoms with E-state index in [4.69, 9.17) is 4.74 Å². The molecule has 2 fully saturated rings. The maximum atomic E-state index is 5.30. The van der Waals surface area contributed by atoms with E-state index in [1.807, 2.05) is 7.11 Å². The van der Waals surface area contributed by atoms with E-state index in [2.05, 4.69) is 17.1 Å². The average molecular weight is 226 g/mol. The number of ether oxygens (including phenoxy) is 1. The van der Waals surface area contributed by atoms with Crippen LogP contribution in [0.4, 0.5) is 0 Å². The number of nitrogens with one attached hydrogen (secondary N) is 1. The Kier molecular flexibility index (Phi) is 4.62. The predicted molar refractivity (Wildman–Crippen MR) is 66.7 cm³/mol. The van der Waals surface area contributed by atoms with Crippen molar-refractivity contribution in [2.45, 2.75) is 44.7 Å². The van der Waals surface area contributed by atoms with E-state index in [-0.39, 0.29) is 0 Å². The highest BCUT2D eigenvalue weighted by molar-refractivity contribution is 4.92. The molecule has 0 aromatic rings. The van der Waals surface area contributed by atoms with Gasteiger partial charge in [-0.05, 0) is 38.3 Å². The molecule has 0 aliphatic carbocycles. The van der Waals surface area contributed by atoms with Gasteiger partial charge in [-0.25, -0.2) is 0 Å². The topological polar surface area (TPSA) is 24.5 Å². The number of fused-ring (bicyclic) bond motifs is 2. The van der Waals surface area contributed by atoms with Gasteiger partial charge in [0.15, 0.2) is 0 Å². The highest BCUT2D eigenvalue weighted by Crippen LogP contribution is 2.27. The molecule has 2 aliphatic rings. The van der Waals surface area contributed by atoms with E-state index < -0.39 is 0 Å². The van der Waals surface area contributed by atoms with Crippen molar-refractivity contribution in [1.82, 2.24) is 10.2 Å². The molecule has 2 heterocycles. The Bertz CT molecular complexity index is 204. The monoisotopic (exact) mass is 226 g/mol. The first-order valence-corrected chi connectivity index (χ1v) is 6.80. The van der Waals surface area contributed by atoms with E-state index in [0.717, 1.165) is 18.6 Å². The number of hydrogen-bond donors (Lipinski definition) is 1. The first-order chi connectivity index (χ1) is 7.83. The molecule has 1 N–H and O–H groups in total. The fourth-order valence-electron chi connectivity index (χ4n) is 3.24. The van der Waals surface area contributed by atoms with Crippen LogP contribution in [0, 0.1) is 5.92 Å². The zero-order valence-electron chi connectivity index (χ0n) is 10.7. The van der Waals surface area contributed by atoms with Gasteiger partial charge in [0.2, 0.25) is 0 Å². The lowest BCUT2D eigenvalue weighted by atomic mass is 9.93. The minimum atomic E-state index is 0.562. The second-order valence-electron chi connectivity index (χ2n) is 5.35. The summed E-state index contributed by atoms with van der Waals surface area (Å²) in [5.74, 6) is 0.893. The molecule has 2 saturated heterocycles. The molecule has 0 spiro atoms. The van der Waals surface area contributed by atoms with Gasteiger partial charge in [-0.1, -0.05) is 13.3 Å². The quantitative estimate of drug-likeness (QED) is 0.742. The van der Waals surface area contributed by atoms with Gasteiger partial charge in [0, 0.05) is 25.7 Å². The lowest BCUT2D eigenvalue weighted by Gasteiger charge is -2.34. The van der Waals surface area contributed by atoms with E-state index in [1.54, 1.807) is 0 Å². The van der Waals surface area contributed by atoms with Crippen LogP contribution in [0.3, 0.4) is 0 Å². The van der Waals surface area contributed by atoms with Crippen LogP contribution in [0.2, 0.25) is 0 Å². The van der Waals surface area contributed by atoms with Crippen molar-refractivity contribution in [2.24, 2.45) is 5.92 Å². The second kappa shape index (κ2) is 5.99. The molecule has 0 saturated carbocycles. The molecule has 2 aliphatic heterocycles. The van der Waals surface area contributed by atoms with E-state index in [1.165, 1.54) is 45.3 Å². The van der Waals surface area contributed by atoms with Crippen molar-refractivity contribution in [2.75, 3.05) is 33.4 Å². The summed E-state index contributed by atoms with van der Waals surface area (Å²) in [6.07, 6.45) is 5.20. The van der Waals surface area contributed by atoms with Gasteiger partial charge < -0.3 is 15.0 Å². The van der Waals surface area contributed by atoms with Crippen LogP contribution < -0.4 is 5.32 Å². The molecule has 0 amide bonds. The van der Waals surface area contributed by atoms with Crippen molar-refractivity contribution in [3.05, 3.63) is 0 Å². The number of nitrogens with zero attached hydrogens (tertiary/aromatic N) is 1. The summed E-state index contributed by atoms with van der Waals surface area (Å²) in [5.41, 5.74) is 0. The van der Waals surface area contributed by atoms with Crippen molar-refractivity contribution < 1.29 is 4.74 Å². The summed E-state index contributed by atoms with van der Waals surface area (Å²) in [6.45, 7) is 7.05.